The molecule has 0 radical (unpaired) electrons. The van der Waals surface area contributed by atoms with Crippen molar-refractivity contribution in [3.05, 3.63) is 65.4 Å². The van der Waals surface area contributed by atoms with Crippen molar-refractivity contribution in [2.75, 3.05) is 0 Å². The van der Waals surface area contributed by atoms with Crippen LogP contribution < -0.4 is 5.32 Å². The monoisotopic (exact) mass is 429 g/mol. The average molecular weight is 429 g/mol. The Bertz CT molecular complexity index is 1120. The quantitative estimate of drug-likeness (QED) is 0.526. The fraction of sp³-hybridized carbons (Fsp3) is 0.304. The fourth-order valence-electron chi connectivity index (χ4n) is 3.17. The van der Waals surface area contributed by atoms with Crippen molar-refractivity contribution in [2.45, 2.75) is 45.7 Å². The zero-order valence-corrected chi connectivity index (χ0v) is 17.8. The molecule has 2 aromatic carbocycles. The smallest absolute Gasteiger partial charge is 0.255 e. The van der Waals surface area contributed by atoms with E-state index >= 15 is 0 Å². The van der Waals surface area contributed by atoms with Gasteiger partial charge in [0.05, 0.1) is 11.1 Å². The van der Waals surface area contributed by atoms with Gasteiger partial charge >= 0.3 is 0 Å². The maximum atomic E-state index is 14.4. The van der Waals surface area contributed by atoms with Crippen molar-refractivity contribution in [3.8, 4) is 22.8 Å². The van der Waals surface area contributed by atoms with Crippen LogP contribution in [0.15, 0.2) is 42.6 Å². The minimum atomic E-state index is -0.805. The van der Waals surface area contributed by atoms with Gasteiger partial charge in [0.25, 0.3) is 5.91 Å². The number of benzene rings is 2. The van der Waals surface area contributed by atoms with E-state index in [0.717, 1.165) is 17.7 Å². The lowest BCUT2D eigenvalue weighted by Crippen LogP contribution is -2.34. The second kappa shape index (κ2) is 8.37. The molecular weight excluding hydrogens is 404 g/mol. The SMILES string of the molecule is CC(Cc1ccc(O)c(O)c1)NC(=O)c1cn(C(C)(C)C)nc1-c1ccc(F)cc1F. The molecule has 3 rings (SSSR count). The highest BCUT2D eigenvalue weighted by Gasteiger charge is 2.25. The number of halogens is 2. The first-order chi connectivity index (χ1) is 14.5. The number of phenolic OH excluding ortho intramolecular Hbond substituents is 2. The maximum Gasteiger partial charge on any atom is 0.255 e. The number of hydrogen-bond acceptors (Lipinski definition) is 4. The Labute approximate surface area is 179 Å². The minimum absolute atomic E-state index is 0.0330. The van der Waals surface area contributed by atoms with Crippen molar-refractivity contribution in [1.82, 2.24) is 15.1 Å². The van der Waals surface area contributed by atoms with Gasteiger partial charge in [-0.25, -0.2) is 8.78 Å². The van der Waals surface area contributed by atoms with Crippen LogP contribution in [-0.4, -0.2) is 31.9 Å². The van der Waals surface area contributed by atoms with Crippen LogP contribution in [0.2, 0.25) is 0 Å². The van der Waals surface area contributed by atoms with Gasteiger partial charge in [0, 0.05) is 23.9 Å². The van der Waals surface area contributed by atoms with Crippen molar-refractivity contribution < 1.29 is 23.8 Å². The number of phenols is 2. The third kappa shape index (κ3) is 5.02. The molecule has 3 N–H and O–H groups in total. The van der Waals surface area contributed by atoms with E-state index in [-0.39, 0.29) is 34.4 Å². The topological polar surface area (TPSA) is 87.4 Å². The number of amides is 1. The highest BCUT2D eigenvalue weighted by Crippen LogP contribution is 2.29. The molecule has 1 unspecified atom stereocenters. The van der Waals surface area contributed by atoms with Crippen LogP contribution in [0, 0.1) is 11.6 Å². The first-order valence-corrected chi connectivity index (χ1v) is 9.83. The van der Waals surface area contributed by atoms with E-state index in [0.29, 0.717) is 6.42 Å². The molecule has 31 heavy (non-hydrogen) atoms. The molecule has 3 aromatic rings. The standard InChI is InChI=1S/C23H25F2N3O3/c1-13(9-14-5-8-19(29)20(30)10-14)26-22(31)17-12-28(23(2,3)4)27-21(17)16-7-6-15(24)11-18(16)25/h5-8,10-13,29-30H,9H2,1-4H3,(H,26,31). The number of carbonyl (C=O) groups is 1. The molecule has 0 saturated heterocycles. The molecule has 1 amide bonds. The predicted molar refractivity (Wildman–Crippen MR) is 113 cm³/mol. The summed E-state index contributed by atoms with van der Waals surface area (Å²) in [6, 6.07) is 7.26. The van der Waals surface area contributed by atoms with E-state index in [9.17, 15) is 23.8 Å². The number of carbonyl (C=O) groups excluding carboxylic acids is 1. The molecule has 1 aromatic heterocycles. The minimum Gasteiger partial charge on any atom is -0.504 e. The van der Waals surface area contributed by atoms with E-state index < -0.39 is 23.1 Å². The molecule has 0 aliphatic heterocycles. The molecule has 0 saturated carbocycles. The molecule has 0 spiro atoms. The lowest BCUT2D eigenvalue weighted by molar-refractivity contribution is 0.0940. The van der Waals surface area contributed by atoms with Gasteiger partial charge in [0.2, 0.25) is 0 Å². The van der Waals surface area contributed by atoms with E-state index in [1.807, 2.05) is 20.8 Å². The molecule has 1 atom stereocenters. The van der Waals surface area contributed by atoms with Crippen LogP contribution in [0.3, 0.4) is 0 Å². The van der Waals surface area contributed by atoms with Crippen molar-refractivity contribution in [3.63, 3.8) is 0 Å². The Kier molecular flexibility index (Phi) is 6.01. The predicted octanol–water partition coefficient (Wildman–Crippen LogP) is 4.36. The summed E-state index contributed by atoms with van der Waals surface area (Å²) in [6.45, 7) is 7.47. The number of rotatable bonds is 5. The van der Waals surface area contributed by atoms with Gasteiger partial charge in [-0.2, -0.15) is 5.10 Å². The van der Waals surface area contributed by atoms with Gasteiger partial charge in [0.15, 0.2) is 11.5 Å². The zero-order chi connectivity index (χ0) is 22.9. The Hall–Kier alpha value is -3.42. The largest absolute Gasteiger partial charge is 0.504 e. The Morgan fingerprint density at radius 2 is 1.84 bits per heavy atom. The van der Waals surface area contributed by atoms with Crippen molar-refractivity contribution in [1.29, 1.82) is 0 Å². The molecule has 8 heteroatoms. The molecule has 6 nitrogen and oxygen atoms in total. The highest BCUT2D eigenvalue weighted by molar-refractivity contribution is 6.00. The summed E-state index contributed by atoms with van der Waals surface area (Å²) >= 11 is 0. The Balaban J connectivity index is 1.90. The Morgan fingerprint density at radius 3 is 2.45 bits per heavy atom. The molecule has 0 aliphatic rings. The summed E-state index contributed by atoms with van der Waals surface area (Å²) in [6.07, 6.45) is 1.94. The normalized spacial score (nSPS) is 12.6. The third-order valence-corrected chi connectivity index (χ3v) is 4.79. The molecule has 0 bridgehead atoms. The molecular formula is C23H25F2N3O3. The first-order valence-electron chi connectivity index (χ1n) is 9.83. The van der Waals surface area contributed by atoms with Gasteiger partial charge < -0.3 is 15.5 Å². The Morgan fingerprint density at radius 1 is 1.13 bits per heavy atom. The highest BCUT2D eigenvalue weighted by atomic mass is 19.1. The van der Waals surface area contributed by atoms with Crippen LogP contribution in [-0.2, 0) is 12.0 Å². The van der Waals surface area contributed by atoms with Crippen LogP contribution in [0.25, 0.3) is 11.3 Å². The number of aromatic nitrogens is 2. The van der Waals surface area contributed by atoms with Crippen LogP contribution in [0.5, 0.6) is 11.5 Å². The zero-order valence-electron chi connectivity index (χ0n) is 17.8. The number of aromatic hydroxyl groups is 2. The molecule has 164 valence electrons. The summed E-state index contributed by atoms with van der Waals surface area (Å²) in [5, 5.41) is 26.3. The second-order valence-corrected chi connectivity index (χ2v) is 8.53. The third-order valence-electron chi connectivity index (χ3n) is 4.79. The molecule has 0 aliphatic carbocycles. The van der Waals surface area contributed by atoms with Crippen molar-refractivity contribution in [2.24, 2.45) is 0 Å². The average Bonchev–Trinajstić information content (AvgIpc) is 3.10. The molecule has 0 fully saturated rings. The number of nitrogens with one attached hydrogen (secondary N) is 1. The van der Waals surface area contributed by atoms with E-state index in [1.165, 1.54) is 18.2 Å². The van der Waals surface area contributed by atoms with Gasteiger partial charge in [-0.1, -0.05) is 6.07 Å². The van der Waals surface area contributed by atoms with Gasteiger partial charge in [-0.15, -0.1) is 0 Å². The van der Waals surface area contributed by atoms with Crippen LogP contribution in [0.4, 0.5) is 8.78 Å². The van der Waals surface area contributed by atoms with Gasteiger partial charge in [0.1, 0.15) is 17.3 Å². The van der Waals surface area contributed by atoms with Crippen LogP contribution >= 0.6 is 0 Å². The van der Waals surface area contributed by atoms with Gasteiger partial charge in [-0.3, -0.25) is 9.48 Å². The summed E-state index contributed by atoms with van der Waals surface area (Å²) in [5.41, 5.74) is 0.586. The summed E-state index contributed by atoms with van der Waals surface area (Å²) in [4.78, 5) is 13.0. The van der Waals surface area contributed by atoms with Crippen molar-refractivity contribution >= 4 is 5.91 Å². The summed E-state index contributed by atoms with van der Waals surface area (Å²) < 4.78 is 29.4. The molecule has 1 heterocycles. The summed E-state index contributed by atoms with van der Waals surface area (Å²) in [7, 11) is 0. The lowest BCUT2D eigenvalue weighted by atomic mass is 10.0. The fourth-order valence-corrected chi connectivity index (χ4v) is 3.17. The van der Waals surface area contributed by atoms with E-state index in [4.69, 9.17) is 0 Å². The first kappa shape index (κ1) is 22.3. The lowest BCUT2D eigenvalue weighted by Gasteiger charge is -2.18. The number of hydrogen-bond donors (Lipinski definition) is 3. The second-order valence-electron chi connectivity index (χ2n) is 8.53. The van der Waals surface area contributed by atoms with Crippen LogP contribution in [0.1, 0.15) is 43.6 Å². The van der Waals surface area contributed by atoms with E-state index in [2.05, 4.69) is 10.4 Å². The van der Waals surface area contributed by atoms with E-state index in [1.54, 1.807) is 23.9 Å². The number of nitrogens with zero attached hydrogens (tertiary/aromatic N) is 2. The maximum absolute atomic E-state index is 14.4. The van der Waals surface area contributed by atoms with Gasteiger partial charge in [-0.05, 0) is 63.9 Å². The summed E-state index contributed by atoms with van der Waals surface area (Å²) in [5.74, 6) is -2.43.